The van der Waals surface area contributed by atoms with Crippen molar-refractivity contribution in [3.63, 3.8) is 0 Å². The summed E-state index contributed by atoms with van der Waals surface area (Å²) in [5.74, 6) is 0.923. The van der Waals surface area contributed by atoms with Crippen molar-refractivity contribution >= 4 is 10.9 Å². The van der Waals surface area contributed by atoms with Gasteiger partial charge in [-0.25, -0.2) is 0 Å². The first kappa shape index (κ1) is 13.7. The van der Waals surface area contributed by atoms with E-state index in [1.807, 2.05) is 0 Å². The highest BCUT2D eigenvalue weighted by Gasteiger charge is 2.24. The van der Waals surface area contributed by atoms with Crippen LogP contribution in [0.25, 0.3) is 10.9 Å². The first-order chi connectivity index (χ1) is 9.76. The minimum Gasteiger partial charge on any atom is -0.383 e. The molecule has 0 atom stereocenters. The van der Waals surface area contributed by atoms with Crippen LogP contribution in [0.2, 0.25) is 0 Å². The molecule has 0 unspecified atom stereocenters. The Hall–Kier alpha value is -1.32. The number of benzene rings is 1. The molecule has 1 fully saturated rings. The summed E-state index contributed by atoms with van der Waals surface area (Å²) in [5, 5.41) is 1.34. The Morgan fingerprint density at radius 1 is 1.30 bits per heavy atom. The maximum Gasteiger partial charge on any atom is 0.0589 e. The summed E-state index contributed by atoms with van der Waals surface area (Å²) in [6.07, 6.45) is 4.93. The second kappa shape index (κ2) is 5.98. The fourth-order valence-electron chi connectivity index (χ4n) is 2.81. The summed E-state index contributed by atoms with van der Waals surface area (Å²) in [7, 11) is 3.88. The van der Waals surface area contributed by atoms with E-state index >= 15 is 0 Å². The van der Waals surface area contributed by atoms with Gasteiger partial charge in [-0.2, -0.15) is 0 Å². The predicted molar refractivity (Wildman–Crippen MR) is 82.8 cm³/mol. The van der Waals surface area contributed by atoms with Gasteiger partial charge in [0.05, 0.1) is 6.61 Å². The molecule has 2 aromatic rings. The van der Waals surface area contributed by atoms with Crippen molar-refractivity contribution in [3.05, 3.63) is 36.0 Å². The van der Waals surface area contributed by atoms with E-state index in [0.717, 1.165) is 25.6 Å². The monoisotopic (exact) mass is 272 g/mol. The second-order valence-corrected chi connectivity index (χ2v) is 5.99. The lowest BCUT2D eigenvalue weighted by Gasteiger charge is -2.22. The molecule has 1 aliphatic rings. The van der Waals surface area contributed by atoms with Crippen LogP contribution >= 0.6 is 0 Å². The largest absolute Gasteiger partial charge is 0.383 e. The quantitative estimate of drug-likeness (QED) is 0.771. The van der Waals surface area contributed by atoms with Gasteiger partial charge in [0, 0.05) is 45.5 Å². The minimum atomic E-state index is 0.820. The molecule has 1 aliphatic carbocycles. The van der Waals surface area contributed by atoms with Gasteiger partial charge in [0.1, 0.15) is 0 Å². The molecule has 0 saturated heterocycles. The number of aromatic nitrogens is 1. The SMILES string of the molecule is COCCN(Cc1ccc2c(ccn2C)c1)CC1CC1. The van der Waals surface area contributed by atoms with Crippen molar-refractivity contribution in [1.29, 1.82) is 0 Å². The van der Waals surface area contributed by atoms with Gasteiger partial charge < -0.3 is 9.30 Å². The smallest absolute Gasteiger partial charge is 0.0589 e. The van der Waals surface area contributed by atoms with Crippen molar-refractivity contribution in [2.75, 3.05) is 26.8 Å². The third-order valence-corrected chi connectivity index (χ3v) is 4.18. The zero-order chi connectivity index (χ0) is 13.9. The number of hydrogen-bond donors (Lipinski definition) is 0. The van der Waals surface area contributed by atoms with E-state index in [2.05, 4.69) is 47.0 Å². The highest BCUT2D eigenvalue weighted by atomic mass is 16.5. The lowest BCUT2D eigenvalue weighted by Crippen LogP contribution is -2.29. The fraction of sp³-hybridized carbons (Fsp3) is 0.529. The average molecular weight is 272 g/mol. The van der Waals surface area contributed by atoms with E-state index in [0.29, 0.717) is 0 Å². The summed E-state index contributed by atoms with van der Waals surface area (Å²) in [6.45, 7) is 4.10. The average Bonchev–Trinajstić information content (AvgIpc) is 3.19. The van der Waals surface area contributed by atoms with Crippen molar-refractivity contribution in [1.82, 2.24) is 9.47 Å². The van der Waals surface area contributed by atoms with Crippen molar-refractivity contribution in [2.24, 2.45) is 13.0 Å². The van der Waals surface area contributed by atoms with Gasteiger partial charge in [0.25, 0.3) is 0 Å². The molecule has 1 saturated carbocycles. The molecule has 1 heterocycles. The van der Waals surface area contributed by atoms with Crippen LogP contribution in [-0.4, -0.2) is 36.3 Å². The molecule has 3 nitrogen and oxygen atoms in total. The molecule has 20 heavy (non-hydrogen) atoms. The number of nitrogens with zero attached hydrogens (tertiary/aromatic N) is 2. The number of ether oxygens (including phenoxy) is 1. The Morgan fingerprint density at radius 3 is 2.90 bits per heavy atom. The lowest BCUT2D eigenvalue weighted by molar-refractivity contribution is 0.141. The number of rotatable bonds is 7. The molecule has 3 rings (SSSR count). The Balaban J connectivity index is 1.70. The predicted octanol–water partition coefficient (Wildman–Crippen LogP) is 3.04. The normalized spacial score (nSPS) is 15.3. The summed E-state index contributed by atoms with van der Waals surface area (Å²) >= 11 is 0. The van der Waals surface area contributed by atoms with E-state index in [4.69, 9.17) is 4.74 Å². The van der Waals surface area contributed by atoms with Crippen molar-refractivity contribution in [2.45, 2.75) is 19.4 Å². The van der Waals surface area contributed by atoms with Gasteiger partial charge in [-0.15, -0.1) is 0 Å². The highest BCUT2D eigenvalue weighted by molar-refractivity contribution is 5.80. The van der Waals surface area contributed by atoms with Crippen molar-refractivity contribution in [3.8, 4) is 0 Å². The second-order valence-electron chi connectivity index (χ2n) is 5.99. The molecule has 3 heteroatoms. The first-order valence-electron chi connectivity index (χ1n) is 7.51. The molecular weight excluding hydrogens is 248 g/mol. The third-order valence-electron chi connectivity index (χ3n) is 4.18. The van der Waals surface area contributed by atoms with Crippen LogP contribution in [0, 0.1) is 5.92 Å². The van der Waals surface area contributed by atoms with Crippen LogP contribution in [0.3, 0.4) is 0 Å². The number of hydrogen-bond acceptors (Lipinski definition) is 2. The summed E-state index contributed by atoms with van der Waals surface area (Å²) < 4.78 is 7.41. The Labute approximate surface area is 121 Å². The van der Waals surface area contributed by atoms with Crippen LogP contribution in [0.1, 0.15) is 18.4 Å². The van der Waals surface area contributed by atoms with Gasteiger partial charge in [0.15, 0.2) is 0 Å². The fourth-order valence-corrected chi connectivity index (χ4v) is 2.81. The summed E-state index contributed by atoms with van der Waals surface area (Å²) in [6, 6.07) is 9.01. The molecule has 0 N–H and O–H groups in total. The molecular formula is C17H24N2O. The van der Waals surface area contributed by atoms with Gasteiger partial charge in [-0.3, -0.25) is 4.90 Å². The van der Waals surface area contributed by atoms with E-state index in [9.17, 15) is 0 Å². The Kier molecular flexibility index (Phi) is 4.08. The Morgan fingerprint density at radius 2 is 2.15 bits per heavy atom. The molecule has 0 bridgehead atoms. The van der Waals surface area contributed by atoms with Gasteiger partial charge in [-0.05, 0) is 47.9 Å². The first-order valence-corrected chi connectivity index (χ1v) is 7.51. The van der Waals surface area contributed by atoms with E-state index in [1.165, 1.54) is 35.9 Å². The zero-order valence-electron chi connectivity index (χ0n) is 12.5. The van der Waals surface area contributed by atoms with Gasteiger partial charge in [0.2, 0.25) is 0 Å². The number of aryl methyl sites for hydroxylation is 1. The maximum atomic E-state index is 5.24. The highest BCUT2D eigenvalue weighted by Crippen LogP contribution is 2.30. The molecule has 1 aromatic heterocycles. The standard InChI is InChI=1S/C17H24N2O/c1-18-8-7-16-11-15(5-6-17(16)18)13-19(9-10-20-2)12-14-3-4-14/h5-8,11,14H,3-4,9-10,12-13H2,1-2H3. The molecule has 0 radical (unpaired) electrons. The molecule has 0 aliphatic heterocycles. The van der Waals surface area contributed by atoms with E-state index in [1.54, 1.807) is 7.11 Å². The van der Waals surface area contributed by atoms with Crippen LogP contribution in [0.4, 0.5) is 0 Å². The number of methoxy groups -OCH3 is 1. The molecule has 0 spiro atoms. The minimum absolute atomic E-state index is 0.820. The van der Waals surface area contributed by atoms with Crippen LogP contribution in [0.15, 0.2) is 30.5 Å². The maximum absolute atomic E-state index is 5.24. The van der Waals surface area contributed by atoms with E-state index in [-0.39, 0.29) is 0 Å². The van der Waals surface area contributed by atoms with Gasteiger partial charge in [-0.1, -0.05) is 6.07 Å². The molecule has 0 amide bonds. The van der Waals surface area contributed by atoms with Crippen molar-refractivity contribution < 1.29 is 4.74 Å². The van der Waals surface area contributed by atoms with E-state index < -0.39 is 0 Å². The van der Waals surface area contributed by atoms with Gasteiger partial charge >= 0.3 is 0 Å². The van der Waals surface area contributed by atoms with Crippen LogP contribution in [-0.2, 0) is 18.3 Å². The number of fused-ring (bicyclic) bond motifs is 1. The summed E-state index contributed by atoms with van der Waals surface area (Å²) in [5.41, 5.74) is 2.71. The summed E-state index contributed by atoms with van der Waals surface area (Å²) in [4.78, 5) is 2.53. The van der Waals surface area contributed by atoms with Crippen LogP contribution < -0.4 is 0 Å². The lowest BCUT2D eigenvalue weighted by atomic mass is 10.1. The third kappa shape index (κ3) is 3.22. The zero-order valence-corrected chi connectivity index (χ0v) is 12.5. The van der Waals surface area contributed by atoms with Crippen LogP contribution in [0.5, 0.6) is 0 Å². The molecule has 1 aromatic carbocycles. The molecule has 108 valence electrons. The topological polar surface area (TPSA) is 17.4 Å². The Bertz CT molecular complexity index is 571.